The van der Waals surface area contributed by atoms with Gasteiger partial charge in [0.15, 0.2) is 15.8 Å². The van der Waals surface area contributed by atoms with Crippen LogP contribution in [-0.4, -0.2) is 80.4 Å². The van der Waals surface area contributed by atoms with Crippen LogP contribution in [-0.2, 0) is 14.6 Å². The van der Waals surface area contributed by atoms with Crippen molar-refractivity contribution in [3.63, 3.8) is 0 Å². The Labute approximate surface area is 139 Å². The van der Waals surface area contributed by atoms with E-state index in [-0.39, 0.29) is 18.2 Å². The first-order valence-electron chi connectivity index (χ1n) is 8.22. The van der Waals surface area contributed by atoms with Crippen molar-refractivity contribution in [1.29, 1.82) is 0 Å². The molecule has 23 heavy (non-hydrogen) atoms. The number of sulfone groups is 1. The van der Waals surface area contributed by atoms with E-state index in [0.717, 1.165) is 25.9 Å². The lowest BCUT2D eigenvalue weighted by atomic mass is 10.1. The van der Waals surface area contributed by atoms with Gasteiger partial charge in [0.2, 0.25) is 5.91 Å². The smallest absolute Gasteiger partial charge is 0.241 e. The number of aliphatic imine (C=N–C) groups is 1. The second-order valence-electron chi connectivity index (χ2n) is 6.84. The Bertz CT molecular complexity index is 565. The maximum absolute atomic E-state index is 12.2. The number of guanidine groups is 1. The fraction of sp³-hybridized carbons (Fsp3) is 0.867. The number of hydrogen-bond acceptors (Lipinski definition) is 4. The van der Waals surface area contributed by atoms with E-state index < -0.39 is 14.6 Å². The topological polar surface area (TPSA) is 82.1 Å². The van der Waals surface area contributed by atoms with E-state index in [0.29, 0.717) is 19.0 Å². The molecule has 0 unspecified atom stereocenters. The zero-order valence-electron chi connectivity index (χ0n) is 14.3. The minimum atomic E-state index is -3.08. The molecular weight excluding hydrogens is 316 g/mol. The summed E-state index contributed by atoms with van der Waals surface area (Å²) in [5.41, 5.74) is 0. The Hall–Kier alpha value is -1.31. The third-order valence-electron chi connectivity index (χ3n) is 4.66. The number of hydrogen-bond donors (Lipinski definition) is 1. The zero-order chi connectivity index (χ0) is 17.1. The van der Waals surface area contributed by atoms with Crippen molar-refractivity contribution in [3.05, 3.63) is 0 Å². The highest BCUT2D eigenvalue weighted by Crippen LogP contribution is 2.23. The van der Waals surface area contributed by atoms with Crippen molar-refractivity contribution >= 4 is 21.7 Å². The molecule has 8 heteroatoms. The maximum Gasteiger partial charge on any atom is 0.241 e. The lowest BCUT2D eigenvalue weighted by molar-refractivity contribution is -0.130. The largest absolute Gasteiger partial charge is 0.347 e. The summed E-state index contributed by atoms with van der Waals surface area (Å²) in [5.74, 6) is 0.786. The molecule has 0 aromatic rings. The Morgan fingerprint density at radius 2 is 1.78 bits per heavy atom. The molecule has 2 fully saturated rings. The van der Waals surface area contributed by atoms with Gasteiger partial charge in [-0.05, 0) is 33.1 Å². The first-order valence-corrected chi connectivity index (χ1v) is 9.88. The summed E-state index contributed by atoms with van der Waals surface area (Å²) in [6, 6.07) is 0. The molecule has 2 heterocycles. The number of likely N-dealkylation sites (tertiary alicyclic amines) is 1. The summed E-state index contributed by atoms with van der Waals surface area (Å²) in [6.07, 6.45) is 3.33. The molecule has 132 valence electrons. The second-order valence-corrected chi connectivity index (χ2v) is 9.59. The highest BCUT2D eigenvalue weighted by atomic mass is 32.2. The minimum Gasteiger partial charge on any atom is -0.347 e. The molecule has 7 nitrogen and oxygen atoms in total. The molecule has 0 saturated carbocycles. The van der Waals surface area contributed by atoms with Gasteiger partial charge in [0.25, 0.3) is 0 Å². The van der Waals surface area contributed by atoms with Crippen LogP contribution < -0.4 is 5.32 Å². The molecule has 2 saturated heterocycles. The minimum absolute atomic E-state index is 0.0785. The van der Waals surface area contributed by atoms with Crippen LogP contribution in [0.5, 0.6) is 0 Å². The number of nitrogens with zero attached hydrogens (tertiary/aromatic N) is 3. The fourth-order valence-electron chi connectivity index (χ4n) is 3.07. The van der Waals surface area contributed by atoms with E-state index in [4.69, 9.17) is 0 Å². The third kappa shape index (κ3) is 4.16. The Balaban J connectivity index is 1.92. The summed E-state index contributed by atoms with van der Waals surface area (Å²) in [5, 5.41) is 3.09. The van der Waals surface area contributed by atoms with Gasteiger partial charge in [-0.3, -0.25) is 9.79 Å². The number of nitrogens with one attached hydrogen (secondary N) is 1. The van der Waals surface area contributed by atoms with Gasteiger partial charge in [-0.1, -0.05) is 0 Å². The lowest BCUT2D eigenvalue weighted by Gasteiger charge is -2.39. The number of amides is 1. The maximum atomic E-state index is 12.2. The van der Waals surface area contributed by atoms with Gasteiger partial charge in [0.1, 0.15) is 0 Å². The van der Waals surface area contributed by atoms with E-state index in [9.17, 15) is 13.2 Å². The van der Waals surface area contributed by atoms with Crippen LogP contribution in [0.25, 0.3) is 0 Å². The predicted molar refractivity (Wildman–Crippen MR) is 91.2 cm³/mol. The van der Waals surface area contributed by atoms with Gasteiger partial charge < -0.3 is 15.1 Å². The van der Waals surface area contributed by atoms with E-state index in [1.807, 2.05) is 9.80 Å². The molecule has 2 aliphatic rings. The van der Waals surface area contributed by atoms with Gasteiger partial charge in [0, 0.05) is 33.2 Å². The molecule has 2 rings (SSSR count). The van der Waals surface area contributed by atoms with E-state index in [1.165, 1.54) is 6.42 Å². The Morgan fingerprint density at radius 1 is 1.13 bits per heavy atom. The summed E-state index contributed by atoms with van der Waals surface area (Å²) in [6.45, 7) is 6.12. The fourth-order valence-corrected chi connectivity index (χ4v) is 4.43. The zero-order valence-corrected chi connectivity index (χ0v) is 15.2. The summed E-state index contributed by atoms with van der Waals surface area (Å²) in [7, 11) is -1.43. The quantitative estimate of drug-likeness (QED) is 0.567. The molecular formula is C15H28N4O3S. The second kappa shape index (κ2) is 7.07. The van der Waals surface area contributed by atoms with Gasteiger partial charge in [-0.2, -0.15) is 0 Å². The average molecular weight is 344 g/mol. The van der Waals surface area contributed by atoms with Crippen LogP contribution in [0.15, 0.2) is 4.99 Å². The van der Waals surface area contributed by atoms with E-state index in [2.05, 4.69) is 10.3 Å². The standard InChI is InChI=1S/C15H28N4O3S/c1-15(2)12-19(9-10-23(15,21)22)14(16-3)17-11-13(20)18-7-5-4-6-8-18/h4-12H2,1-3H3,(H,16,17). The van der Waals surface area contributed by atoms with Gasteiger partial charge in [-0.15, -0.1) is 0 Å². The first kappa shape index (κ1) is 18.0. The van der Waals surface area contributed by atoms with Crippen molar-refractivity contribution in [2.75, 3.05) is 45.5 Å². The summed E-state index contributed by atoms with van der Waals surface area (Å²) < 4.78 is 23.4. The van der Waals surface area contributed by atoms with Crippen molar-refractivity contribution in [3.8, 4) is 0 Å². The van der Waals surface area contributed by atoms with Gasteiger partial charge in [-0.25, -0.2) is 8.42 Å². The molecule has 0 aromatic carbocycles. The molecule has 1 N–H and O–H groups in total. The summed E-state index contributed by atoms with van der Waals surface area (Å²) >= 11 is 0. The van der Waals surface area contributed by atoms with Crippen molar-refractivity contribution in [2.24, 2.45) is 4.99 Å². The normalized spacial score (nSPS) is 24.4. The highest BCUT2D eigenvalue weighted by Gasteiger charge is 2.41. The van der Waals surface area contributed by atoms with E-state index >= 15 is 0 Å². The molecule has 0 aliphatic carbocycles. The van der Waals surface area contributed by atoms with Crippen LogP contribution in [0.3, 0.4) is 0 Å². The molecule has 1 amide bonds. The van der Waals surface area contributed by atoms with Crippen LogP contribution in [0, 0.1) is 0 Å². The monoisotopic (exact) mass is 344 g/mol. The number of piperidine rings is 1. The molecule has 0 spiro atoms. The number of carbonyl (C=O) groups excluding carboxylic acids is 1. The van der Waals surface area contributed by atoms with Crippen LogP contribution in [0.1, 0.15) is 33.1 Å². The van der Waals surface area contributed by atoms with E-state index in [1.54, 1.807) is 20.9 Å². The van der Waals surface area contributed by atoms with Crippen molar-refractivity contribution in [2.45, 2.75) is 37.9 Å². The number of carbonyl (C=O) groups is 1. The molecule has 0 radical (unpaired) electrons. The van der Waals surface area contributed by atoms with Crippen LogP contribution >= 0.6 is 0 Å². The SMILES string of the molecule is CN=C(NCC(=O)N1CCCCC1)N1CCS(=O)(=O)C(C)(C)C1. The van der Waals surface area contributed by atoms with Gasteiger partial charge in [0.05, 0.1) is 17.0 Å². The lowest BCUT2D eigenvalue weighted by Crippen LogP contribution is -2.58. The molecule has 0 bridgehead atoms. The van der Waals surface area contributed by atoms with Crippen molar-refractivity contribution in [1.82, 2.24) is 15.1 Å². The van der Waals surface area contributed by atoms with Crippen molar-refractivity contribution < 1.29 is 13.2 Å². The Morgan fingerprint density at radius 3 is 2.35 bits per heavy atom. The molecule has 2 aliphatic heterocycles. The van der Waals surface area contributed by atoms with Crippen LogP contribution in [0.4, 0.5) is 0 Å². The third-order valence-corrected chi connectivity index (χ3v) is 7.19. The highest BCUT2D eigenvalue weighted by molar-refractivity contribution is 7.92. The van der Waals surface area contributed by atoms with Gasteiger partial charge >= 0.3 is 0 Å². The summed E-state index contributed by atoms with van der Waals surface area (Å²) in [4.78, 5) is 20.2. The predicted octanol–water partition coefficient (Wildman–Crippen LogP) is 0.0833. The van der Waals surface area contributed by atoms with Crippen LogP contribution in [0.2, 0.25) is 0 Å². The Kier molecular flexibility index (Phi) is 5.54. The first-order chi connectivity index (χ1) is 10.8. The average Bonchev–Trinajstić information content (AvgIpc) is 2.52. The number of rotatable bonds is 2. The molecule has 0 aromatic heterocycles. The molecule has 0 atom stereocenters.